The van der Waals surface area contributed by atoms with Crippen LogP contribution in [0.3, 0.4) is 0 Å². The van der Waals surface area contributed by atoms with Gasteiger partial charge in [0.1, 0.15) is 5.75 Å². The maximum Gasteiger partial charge on any atom is 0.337 e. The van der Waals surface area contributed by atoms with Gasteiger partial charge in [-0.1, -0.05) is 23.5 Å². The molecule has 0 radical (unpaired) electrons. The summed E-state index contributed by atoms with van der Waals surface area (Å²) in [5.41, 5.74) is 3.97. The lowest BCUT2D eigenvalue weighted by molar-refractivity contribution is 0.0601. The highest BCUT2D eigenvalue weighted by Gasteiger charge is 2.21. The number of aromatic amines is 1. The highest BCUT2D eigenvalue weighted by Crippen LogP contribution is 2.28. The van der Waals surface area contributed by atoms with Crippen molar-refractivity contribution in [2.75, 3.05) is 14.2 Å². The van der Waals surface area contributed by atoms with E-state index in [9.17, 15) is 9.59 Å². The first-order chi connectivity index (χ1) is 17.5. The molecule has 0 fully saturated rings. The summed E-state index contributed by atoms with van der Waals surface area (Å²) in [6.45, 7) is 1.79. The fourth-order valence-electron chi connectivity index (χ4n) is 3.87. The summed E-state index contributed by atoms with van der Waals surface area (Å²) in [5.74, 6) is 0.290. The number of hydrogen-bond acceptors (Lipinski definition) is 7. The minimum Gasteiger partial charge on any atom is -0.497 e. The molecule has 5 rings (SSSR count). The van der Waals surface area contributed by atoms with Crippen LogP contribution in [0.5, 0.6) is 5.75 Å². The molecule has 1 N–H and O–H groups in total. The molecule has 3 aromatic carbocycles. The first kappa shape index (κ1) is 23.3. The molecule has 2 aromatic heterocycles. The molecule has 0 spiro atoms. The molecule has 2 heterocycles. The number of nitrogens with zero attached hydrogens (tertiary/aromatic N) is 3. The number of carbonyl (C=O) groups is 1. The van der Waals surface area contributed by atoms with Crippen molar-refractivity contribution < 1.29 is 14.3 Å². The number of esters is 1. The van der Waals surface area contributed by atoms with E-state index in [2.05, 4.69) is 15.1 Å². The summed E-state index contributed by atoms with van der Waals surface area (Å²) in [4.78, 5) is 34.8. The zero-order valence-corrected chi connectivity index (χ0v) is 20.6. The minimum absolute atomic E-state index is 0.257. The van der Waals surface area contributed by atoms with Crippen LogP contribution in [0.1, 0.15) is 22.8 Å². The SMILES string of the molecule is COC(=O)c1ccc(N=C(C)c2c(-c3ccc(OC)cc3)[nH]n(-c3nc4ccccc4s3)c2=O)cc1. The van der Waals surface area contributed by atoms with E-state index in [1.807, 2.05) is 48.5 Å². The third-order valence-electron chi connectivity index (χ3n) is 5.69. The second kappa shape index (κ2) is 9.63. The van der Waals surface area contributed by atoms with Crippen LogP contribution < -0.4 is 10.3 Å². The van der Waals surface area contributed by atoms with Crippen LogP contribution in [0.2, 0.25) is 0 Å². The summed E-state index contributed by atoms with van der Waals surface area (Å²) in [6.07, 6.45) is 0. The van der Waals surface area contributed by atoms with Gasteiger partial charge in [0.15, 0.2) is 0 Å². The fourth-order valence-corrected chi connectivity index (χ4v) is 4.79. The normalized spacial score (nSPS) is 11.6. The van der Waals surface area contributed by atoms with E-state index in [0.717, 1.165) is 15.8 Å². The number of nitrogens with one attached hydrogen (secondary N) is 1. The maximum absolute atomic E-state index is 13.7. The van der Waals surface area contributed by atoms with Gasteiger partial charge in [0.05, 0.1) is 52.7 Å². The molecular formula is C27H22N4O4S. The Kier molecular flexibility index (Phi) is 6.22. The van der Waals surface area contributed by atoms with E-state index in [0.29, 0.717) is 39.1 Å². The fraction of sp³-hybridized carbons (Fsp3) is 0.111. The standard InChI is InChI=1S/C27H22N4O4S/c1-16(28-19-12-8-18(9-13-19)26(33)35-3)23-24(17-10-14-20(34-2)15-11-17)30-31(25(23)32)27-29-21-6-4-5-7-22(21)36-27/h4-15,30H,1-3H3. The highest BCUT2D eigenvalue weighted by atomic mass is 32.1. The monoisotopic (exact) mass is 498 g/mol. The van der Waals surface area contributed by atoms with Crippen molar-refractivity contribution in [2.45, 2.75) is 6.92 Å². The number of ether oxygens (including phenoxy) is 2. The molecule has 5 aromatic rings. The van der Waals surface area contributed by atoms with Crippen molar-refractivity contribution in [3.05, 3.63) is 94.3 Å². The lowest BCUT2D eigenvalue weighted by Crippen LogP contribution is -2.19. The van der Waals surface area contributed by atoms with Gasteiger partial charge in [-0.2, -0.15) is 4.68 Å². The third kappa shape index (κ3) is 4.32. The number of fused-ring (bicyclic) bond motifs is 1. The number of thiazole rings is 1. The Balaban J connectivity index is 1.64. The first-order valence-corrected chi connectivity index (χ1v) is 11.9. The van der Waals surface area contributed by atoms with Crippen molar-refractivity contribution in [1.29, 1.82) is 0 Å². The number of benzene rings is 3. The van der Waals surface area contributed by atoms with Gasteiger partial charge >= 0.3 is 5.97 Å². The van der Waals surface area contributed by atoms with Crippen molar-refractivity contribution >= 4 is 38.9 Å². The van der Waals surface area contributed by atoms with Gasteiger partial charge in [0.2, 0.25) is 5.13 Å². The molecule has 0 amide bonds. The number of H-pyrrole nitrogens is 1. The molecule has 0 saturated heterocycles. The van der Waals surface area contributed by atoms with Crippen LogP contribution in [0, 0.1) is 0 Å². The van der Waals surface area contributed by atoms with Crippen LogP contribution in [0.4, 0.5) is 5.69 Å². The van der Waals surface area contributed by atoms with E-state index in [-0.39, 0.29) is 5.56 Å². The van der Waals surface area contributed by atoms with Crippen molar-refractivity contribution in [2.24, 2.45) is 4.99 Å². The zero-order chi connectivity index (χ0) is 25.2. The van der Waals surface area contributed by atoms with Gasteiger partial charge in [0.25, 0.3) is 5.56 Å². The quantitative estimate of drug-likeness (QED) is 0.250. The van der Waals surface area contributed by atoms with Crippen LogP contribution in [-0.4, -0.2) is 40.7 Å². The topological polar surface area (TPSA) is 98.6 Å². The molecule has 9 heteroatoms. The number of aliphatic imine (C=N–C) groups is 1. The van der Waals surface area contributed by atoms with Gasteiger partial charge < -0.3 is 9.47 Å². The predicted octanol–water partition coefficient (Wildman–Crippen LogP) is 5.38. The largest absolute Gasteiger partial charge is 0.497 e. The summed E-state index contributed by atoms with van der Waals surface area (Å²) in [6, 6.07) is 21.9. The molecule has 0 aliphatic heterocycles. The average Bonchev–Trinajstić information content (AvgIpc) is 3.49. The first-order valence-electron chi connectivity index (χ1n) is 11.1. The maximum atomic E-state index is 13.7. The minimum atomic E-state index is -0.423. The molecular weight excluding hydrogens is 476 g/mol. The van der Waals surface area contributed by atoms with E-state index in [4.69, 9.17) is 9.47 Å². The predicted molar refractivity (Wildman–Crippen MR) is 141 cm³/mol. The van der Waals surface area contributed by atoms with E-state index in [1.165, 1.54) is 23.1 Å². The number of methoxy groups -OCH3 is 2. The van der Waals surface area contributed by atoms with Gasteiger partial charge in [-0.15, -0.1) is 0 Å². The molecule has 0 aliphatic carbocycles. The van der Waals surface area contributed by atoms with E-state index >= 15 is 0 Å². The van der Waals surface area contributed by atoms with Crippen LogP contribution >= 0.6 is 11.3 Å². The third-order valence-corrected chi connectivity index (χ3v) is 6.71. The summed E-state index contributed by atoms with van der Waals surface area (Å²) >= 11 is 1.43. The Morgan fingerprint density at radius 1 is 1.00 bits per heavy atom. The van der Waals surface area contributed by atoms with Crippen molar-refractivity contribution in [3.63, 3.8) is 0 Å². The number of para-hydroxylation sites is 1. The molecule has 0 unspecified atom stereocenters. The summed E-state index contributed by atoms with van der Waals surface area (Å²) in [7, 11) is 2.94. The van der Waals surface area contributed by atoms with Crippen molar-refractivity contribution in [1.82, 2.24) is 14.8 Å². The Bertz CT molecular complexity index is 1610. The van der Waals surface area contributed by atoms with E-state index < -0.39 is 5.97 Å². The number of hydrogen-bond donors (Lipinski definition) is 1. The van der Waals surface area contributed by atoms with Crippen LogP contribution in [-0.2, 0) is 4.74 Å². The Hall–Kier alpha value is -4.50. The number of rotatable bonds is 6. The molecule has 0 saturated carbocycles. The van der Waals surface area contributed by atoms with Crippen molar-refractivity contribution in [3.8, 4) is 22.1 Å². The number of aromatic nitrogens is 3. The summed E-state index contributed by atoms with van der Waals surface area (Å²) in [5, 5.41) is 3.79. The second-order valence-electron chi connectivity index (χ2n) is 7.93. The van der Waals surface area contributed by atoms with Crippen LogP contribution in [0.25, 0.3) is 26.6 Å². The van der Waals surface area contributed by atoms with Gasteiger partial charge in [0, 0.05) is 5.56 Å². The Morgan fingerprint density at radius 2 is 1.72 bits per heavy atom. The number of carbonyl (C=O) groups excluding carboxylic acids is 1. The average molecular weight is 499 g/mol. The van der Waals surface area contributed by atoms with Gasteiger partial charge in [-0.3, -0.25) is 14.9 Å². The molecule has 0 atom stereocenters. The molecule has 36 heavy (non-hydrogen) atoms. The molecule has 180 valence electrons. The smallest absolute Gasteiger partial charge is 0.337 e. The van der Waals surface area contributed by atoms with E-state index in [1.54, 1.807) is 38.3 Å². The lowest BCUT2D eigenvalue weighted by Gasteiger charge is -2.05. The Labute approximate surface area is 210 Å². The zero-order valence-electron chi connectivity index (χ0n) is 19.8. The summed E-state index contributed by atoms with van der Waals surface area (Å²) < 4.78 is 12.5. The molecule has 0 bridgehead atoms. The molecule has 8 nitrogen and oxygen atoms in total. The van der Waals surface area contributed by atoms with Crippen LogP contribution in [0.15, 0.2) is 82.6 Å². The van der Waals surface area contributed by atoms with Gasteiger partial charge in [-0.25, -0.2) is 9.78 Å². The van der Waals surface area contributed by atoms with Gasteiger partial charge in [-0.05, 0) is 67.6 Å². The highest BCUT2D eigenvalue weighted by molar-refractivity contribution is 7.20. The Morgan fingerprint density at radius 3 is 2.39 bits per heavy atom. The second-order valence-corrected chi connectivity index (χ2v) is 8.94. The lowest BCUT2D eigenvalue weighted by atomic mass is 10.0. The molecule has 0 aliphatic rings.